The summed E-state index contributed by atoms with van der Waals surface area (Å²) in [7, 11) is 0. The summed E-state index contributed by atoms with van der Waals surface area (Å²) in [4.78, 5) is 35.0. The Kier molecular flexibility index (Phi) is 5.83. The summed E-state index contributed by atoms with van der Waals surface area (Å²) < 4.78 is 5.43. The van der Waals surface area contributed by atoms with Gasteiger partial charge in [0, 0.05) is 56.2 Å². The predicted molar refractivity (Wildman–Crippen MR) is 106 cm³/mol. The van der Waals surface area contributed by atoms with E-state index < -0.39 is 0 Å². The molecule has 1 aromatic carbocycles. The number of carbonyl (C=O) groups excluding carboxylic acids is 1. The van der Waals surface area contributed by atoms with Gasteiger partial charge in [-0.1, -0.05) is 12.1 Å². The Morgan fingerprint density at radius 2 is 2.07 bits per heavy atom. The van der Waals surface area contributed by atoms with E-state index in [1.165, 1.54) is 12.6 Å². The zero-order valence-electron chi connectivity index (χ0n) is 16.0. The summed E-state index contributed by atoms with van der Waals surface area (Å²) in [5.41, 5.74) is 1.96. The third kappa shape index (κ3) is 4.48. The molecular formula is C21H26N4O3. The Bertz CT molecular complexity index is 855. The van der Waals surface area contributed by atoms with Crippen LogP contribution >= 0.6 is 0 Å². The van der Waals surface area contributed by atoms with Gasteiger partial charge in [0.05, 0.1) is 13.2 Å². The highest BCUT2D eigenvalue weighted by Crippen LogP contribution is 2.23. The minimum absolute atomic E-state index is 0.0749. The first-order valence-electron chi connectivity index (χ1n) is 9.93. The van der Waals surface area contributed by atoms with Gasteiger partial charge in [-0.25, -0.2) is 9.78 Å². The molecule has 2 aliphatic heterocycles. The average Bonchev–Trinajstić information content (AvgIpc) is 2.75. The van der Waals surface area contributed by atoms with Gasteiger partial charge >= 0.3 is 5.69 Å². The molecule has 2 fully saturated rings. The minimum Gasteiger partial charge on any atom is -0.379 e. The number of hydrogen-bond donors (Lipinski definition) is 1. The lowest BCUT2D eigenvalue weighted by atomic mass is 9.96. The molecular weight excluding hydrogens is 356 g/mol. The third-order valence-electron chi connectivity index (χ3n) is 5.54. The van der Waals surface area contributed by atoms with Crippen molar-refractivity contribution < 1.29 is 9.53 Å². The molecule has 7 heteroatoms. The van der Waals surface area contributed by atoms with Gasteiger partial charge in [-0.2, -0.15) is 0 Å². The summed E-state index contributed by atoms with van der Waals surface area (Å²) in [6, 6.07) is 7.53. The van der Waals surface area contributed by atoms with E-state index in [1.807, 2.05) is 29.2 Å². The molecule has 2 saturated heterocycles. The monoisotopic (exact) mass is 382 g/mol. The molecule has 0 unspecified atom stereocenters. The number of nitrogens with zero attached hydrogens (tertiary/aromatic N) is 3. The van der Waals surface area contributed by atoms with Crippen molar-refractivity contribution in [1.82, 2.24) is 19.8 Å². The quantitative estimate of drug-likeness (QED) is 0.869. The number of H-pyrrole nitrogens is 1. The van der Waals surface area contributed by atoms with E-state index in [0.29, 0.717) is 11.5 Å². The summed E-state index contributed by atoms with van der Waals surface area (Å²) in [6.45, 7) is 6.24. The fourth-order valence-corrected chi connectivity index (χ4v) is 4.06. The molecule has 4 rings (SSSR count). The van der Waals surface area contributed by atoms with Crippen molar-refractivity contribution >= 4 is 5.91 Å². The molecule has 0 aliphatic carbocycles. The lowest BCUT2D eigenvalue weighted by Gasteiger charge is -2.36. The van der Waals surface area contributed by atoms with Crippen LogP contribution in [0.5, 0.6) is 0 Å². The lowest BCUT2D eigenvalue weighted by molar-refractivity contribution is 0.0224. The highest BCUT2D eigenvalue weighted by Gasteiger charge is 2.26. The van der Waals surface area contributed by atoms with Crippen molar-refractivity contribution in [3.05, 3.63) is 52.7 Å². The van der Waals surface area contributed by atoms with E-state index in [9.17, 15) is 9.59 Å². The molecule has 2 aromatic rings. The molecule has 28 heavy (non-hydrogen) atoms. The van der Waals surface area contributed by atoms with Crippen molar-refractivity contribution in [1.29, 1.82) is 0 Å². The van der Waals surface area contributed by atoms with Crippen LogP contribution < -0.4 is 5.69 Å². The average molecular weight is 382 g/mol. The number of amides is 1. The Labute approximate surface area is 164 Å². The summed E-state index contributed by atoms with van der Waals surface area (Å²) >= 11 is 0. The second-order valence-corrected chi connectivity index (χ2v) is 7.56. The van der Waals surface area contributed by atoms with Gasteiger partial charge in [-0.3, -0.25) is 9.69 Å². The van der Waals surface area contributed by atoms with Crippen LogP contribution in [-0.4, -0.2) is 71.6 Å². The van der Waals surface area contributed by atoms with Gasteiger partial charge in [0.1, 0.15) is 0 Å². The first-order chi connectivity index (χ1) is 13.7. The first-order valence-corrected chi connectivity index (χ1v) is 9.93. The summed E-state index contributed by atoms with van der Waals surface area (Å²) in [5, 5.41) is 0. The molecule has 148 valence electrons. The van der Waals surface area contributed by atoms with Crippen LogP contribution in [0, 0.1) is 5.92 Å². The number of ether oxygens (including phenoxy) is 1. The Morgan fingerprint density at radius 3 is 2.86 bits per heavy atom. The number of aromatic nitrogens is 2. The van der Waals surface area contributed by atoms with Gasteiger partial charge in [-0.15, -0.1) is 0 Å². The minimum atomic E-state index is -0.379. The molecule has 1 N–H and O–H groups in total. The fourth-order valence-electron chi connectivity index (χ4n) is 4.06. The molecule has 0 saturated carbocycles. The lowest BCUT2D eigenvalue weighted by Crippen LogP contribution is -2.46. The number of rotatable bonds is 4. The summed E-state index contributed by atoms with van der Waals surface area (Å²) in [5.74, 6) is 0.591. The molecule has 1 amide bonds. The van der Waals surface area contributed by atoms with Crippen LogP contribution in [0.4, 0.5) is 0 Å². The first kappa shape index (κ1) is 18.8. The van der Waals surface area contributed by atoms with Crippen molar-refractivity contribution in [3.8, 4) is 11.1 Å². The number of hydrogen-bond acceptors (Lipinski definition) is 5. The van der Waals surface area contributed by atoms with Crippen LogP contribution in [0.2, 0.25) is 0 Å². The van der Waals surface area contributed by atoms with Crippen LogP contribution in [0.25, 0.3) is 11.1 Å². The number of aromatic amines is 1. The molecule has 0 spiro atoms. The van der Waals surface area contributed by atoms with Gasteiger partial charge in [0.25, 0.3) is 5.91 Å². The maximum absolute atomic E-state index is 13.1. The maximum atomic E-state index is 13.1. The molecule has 7 nitrogen and oxygen atoms in total. The Hall–Kier alpha value is -2.51. The van der Waals surface area contributed by atoms with Crippen molar-refractivity contribution in [3.63, 3.8) is 0 Å². The standard InChI is InChI=1S/C21H26N4O3/c26-20(18-5-1-4-17(11-18)19-12-22-21(27)23-13-19)25-6-2-3-16(15-25)14-24-7-9-28-10-8-24/h1,4-5,11-13,16H,2-3,6-10,14-15H2,(H,22,23,27)/t16-/m1/s1. The Balaban J connectivity index is 1.44. The number of morpholine rings is 1. The number of likely N-dealkylation sites (tertiary alicyclic amines) is 1. The molecule has 1 aromatic heterocycles. The Morgan fingerprint density at radius 1 is 1.21 bits per heavy atom. The molecule has 0 radical (unpaired) electrons. The van der Waals surface area contributed by atoms with Crippen molar-refractivity contribution in [2.45, 2.75) is 12.8 Å². The second kappa shape index (κ2) is 8.67. The number of carbonyl (C=O) groups is 1. The van der Waals surface area contributed by atoms with Gasteiger partial charge in [0.2, 0.25) is 0 Å². The zero-order chi connectivity index (χ0) is 19.3. The van der Waals surface area contributed by atoms with Gasteiger partial charge in [-0.05, 0) is 36.5 Å². The van der Waals surface area contributed by atoms with Gasteiger partial charge < -0.3 is 14.6 Å². The SMILES string of the molecule is O=C(c1cccc(-c2cnc(=O)[nH]c2)c1)N1CCC[C@H](CN2CCOCC2)C1. The van der Waals surface area contributed by atoms with Crippen LogP contribution in [0.3, 0.4) is 0 Å². The van der Waals surface area contributed by atoms with Crippen molar-refractivity contribution in [2.75, 3.05) is 45.9 Å². The highest BCUT2D eigenvalue weighted by atomic mass is 16.5. The molecule has 2 aliphatic rings. The van der Waals surface area contributed by atoms with E-state index in [0.717, 1.165) is 63.5 Å². The third-order valence-corrected chi connectivity index (χ3v) is 5.54. The van der Waals surface area contributed by atoms with E-state index >= 15 is 0 Å². The van der Waals surface area contributed by atoms with Crippen molar-refractivity contribution in [2.24, 2.45) is 5.92 Å². The molecule has 0 bridgehead atoms. The van der Waals surface area contributed by atoms with E-state index in [1.54, 1.807) is 6.20 Å². The largest absolute Gasteiger partial charge is 0.379 e. The number of benzene rings is 1. The van der Waals surface area contributed by atoms with Crippen LogP contribution in [0.15, 0.2) is 41.5 Å². The van der Waals surface area contributed by atoms with Crippen LogP contribution in [-0.2, 0) is 4.74 Å². The maximum Gasteiger partial charge on any atom is 0.344 e. The number of nitrogens with one attached hydrogen (secondary N) is 1. The second-order valence-electron chi connectivity index (χ2n) is 7.56. The van der Waals surface area contributed by atoms with E-state index in [-0.39, 0.29) is 11.6 Å². The zero-order valence-corrected chi connectivity index (χ0v) is 16.0. The van der Waals surface area contributed by atoms with E-state index in [4.69, 9.17) is 4.74 Å². The van der Waals surface area contributed by atoms with E-state index in [2.05, 4.69) is 14.9 Å². The number of piperidine rings is 1. The fraction of sp³-hybridized carbons (Fsp3) is 0.476. The summed E-state index contributed by atoms with van der Waals surface area (Å²) in [6.07, 6.45) is 5.37. The van der Waals surface area contributed by atoms with Crippen LogP contribution in [0.1, 0.15) is 23.2 Å². The molecule has 3 heterocycles. The molecule has 1 atom stereocenters. The topological polar surface area (TPSA) is 78.5 Å². The smallest absolute Gasteiger partial charge is 0.344 e. The predicted octanol–water partition coefficient (Wildman–Crippen LogP) is 1.62. The highest BCUT2D eigenvalue weighted by molar-refractivity contribution is 5.95. The normalized spacial score (nSPS) is 20.9. The van der Waals surface area contributed by atoms with Gasteiger partial charge in [0.15, 0.2) is 0 Å².